The van der Waals surface area contributed by atoms with Crippen molar-refractivity contribution in [3.8, 4) is 23.2 Å². The standard InChI is InChI=1S/C29H33F3N8O2/c1-3-10-39-26-24(27(41)40(11-4-2)28(39)42)34-25(35-26)21-19-33-38(20-21)13-6-5-12-36-14-16-37(17-15-36)23-9-7-8-22(18-23)29(30,31)32/h7-9,18-20H,3-4,10-17H2,1-2H3,(H,34,35). The Balaban J connectivity index is 1.20. The number of nitrogens with one attached hydrogen (secondary N) is 1. The molecular formula is C29H33F3N8O2. The maximum Gasteiger partial charge on any atom is 0.416 e. The van der Waals surface area contributed by atoms with Crippen LogP contribution in [0.25, 0.3) is 22.6 Å². The molecule has 0 atom stereocenters. The van der Waals surface area contributed by atoms with Crippen LogP contribution >= 0.6 is 0 Å². The van der Waals surface area contributed by atoms with Crippen molar-refractivity contribution in [3.05, 3.63) is 63.1 Å². The third-order valence-electron chi connectivity index (χ3n) is 7.24. The lowest BCUT2D eigenvalue weighted by molar-refractivity contribution is -0.137. The monoisotopic (exact) mass is 582 g/mol. The Morgan fingerprint density at radius 3 is 2.40 bits per heavy atom. The quantitative estimate of drug-likeness (QED) is 0.320. The molecule has 1 N–H and O–H groups in total. The minimum atomic E-state index is -4.36. The van der Waals surface area contributed by atoms with Crippen LogP contribution in [0.5, 0.6) is 0 Å². The van der Waals surface area contributed by atoms with Crippen LogP contribution in [0.3, 0.4) is 0 Å². The van der Waals surface area contributed by atoms with Crippen LogP contribution < -0.4 is 16.1 Å². The molecule has 222 valence electrons. The van der Waals surface area contributed by atoms with Crippen molar-refractivity contribution >= 4 is 16.9 Å². The molecule has 3 aromatic heterocycles. The summed E-state index contributed by atoms with van der Waals surface area (Å²) in [5, 5.41) is 4.36. The number of H-pyrrole nitrogens is 1. The minimum Gasteiger partial charge on any atom is -0.369 e. The second-order valence-corrected chi connectivity index (χ2v) is 10.3. The number of halogens is 3. The van der Waals surface area contributed by atoms with Crippen molar-refractivity contribution in [2.75, 3.05) is 37.6 Å². The lowest BCUT2D eigenvalue weighted by Gasteiger charge is -2.35. The first-order valence-corrected chi connectivity index (χ1v) is 14.1. The Kier molecular flexibility index (Phi) is 8.54. The molecule has 1 aliphatic heterocycles. The van der Waals surface area contributed by atoms with Crippen molar-refractivity contribution in [2.24, 2.45) is 0 Å². The van der Waals surface area contributed by atoms with E-state index in [1.54, 1.807) is 27.7 Å². The van der Waals surface area contributed by atoms with E-state index in [1.165, 1.54) is 16.7 Å². The largest absolute Gasteiger partial charge is 0.416 e. The highest BCUT2D eigenvalue weighted by Gasteiger charge is 2.31. The number of hydrogen-bond acceptors (Lipinski definition) is 6. The van der Waals surface area contributed by atoms with E-state index in [0.29, 0.717) is 87.0 Å². The molecule has 1 fully saturated rings. The highest BCUT2D eigenvalue weighted by atomic mass is 19.4. The maximum absolute atomic E-state index is 13.1. The molecule has 0 saturated carbocycles. The Morgan fingerprint density at radius 2 is 1.69 bits per heavy atom. The van der Waals surface area contributed by atoms with Crippen molar-refractivity contribution in [1.29, 1.82) is 0 Å². The van der Waals surface area contributed by atoms with Crippen LogP contribution in [0.4, 0.5) is 18.9 Å². The Hall–Kier alpha value is -4.31. The summed E-state index contributed by atoms with van der Waals surface area (Å²) in [4.78, 5) is 37.7. The number of aryl methyl sites for hydroxylation is 1. The normalized spacial score (nSPS) is 14.4. The van der Waals surface area contributed by atoms with Gasteiger partial charge in [0, 0.05) is 51.2 Å². The van der Waals surface area contributed by atoms with Gasteiger partial charge in [0.15, 0.2) is 5.65 Å². The highest BCUT2D eigenvalue weighted by Crippen LogP contribution is 2.31. The number of fused-ring (bicyclic) bond motifs is 1. The van der Waals surface area contributed by atoms with E-state index in [0.717, 1.165) is 12.5 Å². The van der Waals surface area contributed by atoms with Gasteiger partial charge in [-0.15, -0.1) is 0 Å². The average molecular weight is 583 g/mol. The predicted octanol–water partition coefficient (Wildman–Crippen LogP) is 3.41. The fourth-order valence-electron chi connectivity index (χ4n) is 5.07. The molecule has 42 heavy (non-hydrogen) atoms. The smallest absolute Gasteiger partial charge is 0.369 e. The van der Waals surface area contributed by atoms with Gasteiger partial charge < -0.3 is 9.88 Å². The van der Waals surface area contributed by atoms with Crippen LogP contribution in [-0.2, 0) is 25.8 Å². The van der Waals surface area contributed by atoms with Gasteiger partial charge >= 0.3 is 11.9 Å². The summed E-state index contributed by atoms with van der Waals surface area (Å²) in [5.41, 5.74) is 0.532. The maximum atomic E-state index is 13.1. The second-order valence-electron chi connectivity index (χ2n) is 10.3. The third kappa shape index (κ3) is 6.13. The Bertz CT molecular complexity index is 1730. The minimum absolute atomic E-state index is 0.298. The van der Waals surface area contributed by atoms with E-state index in [1.807, 2.05) is 18.7 Å². The Labute approximate surface area is 240 Å². The number of aromatic amines is 1. The molecule has 0 aliphatic carbocycles. The van der Waals surface area contributed by atoms with Gasteiger partial charge in [0.2, 0.25) is 0 Å². The van der Waals surface area contributed by atoms with Crippen LogP contribution in [0, 0.1) is 11.8 Å². The van der Waals surface area contributed by atoms with Gasteiger partial charge in [-0.1, -0.05) is 31.8 Å². The zero-order chi connectivity index (χ0) is 29.9. The third-order valence-corrected chi connectivity index (χ3v) is 7.24. The molecule has 4 heterocycles. The van der Waals surface area contributed by atoms with Gasteiger partial charge in [0.25, 0.3) is 5.56 Å². The first-order valence-electron chi connectivity index (χ1n) is 14.1. The number of alkyl halides is 3. The lowest BCUT2D eigenvalue weighted by atomic mass is 10.1. The molecule has 0 radical (unpaired) electrons. The van der Waals surface area contributed by atoms with E-state index in [9.17, 15) is 22.8 Å². The van der Waals surface area contributed by atoms with Crippen LogP contribution in [-0.4, -0.2) is 66.5 Å². The van der Waals surface area contributed by atoms with Crippen molar-refractivity contribution in [3.63, 3.8) is 0 Å². The topological polar surface area (TPSA) is 97.0 Å². The highest BCUT2D eigenvalue weighted by molar-refractivity contribution is 5.75. The van der Waals surface area contributed by atoms with Crippen LogP contribution in [0.2, 0.25) is 0 Å². The molecule has 1 aromatic carbocycles. The first-order chi connectivity index (χ1) is 20.2. The van der Waals surface area contributed by atoms with Gasteiger partial charge in [-0.3, -0.25) is 23.5 Å². The van der Waals surface area contributed by atoms with E-state index in [4.69, 9.17) is 0 Å². The number of anilines is 1. The number of piperazine rings is 1. The zero-order valence-corrected chi connectivity index (χ0v) is 23.6. The predicted molar refractivity (Wildman–Crippen MR) is 154 cm³/mol. The molecule has 1 saturated heterocycles. The van der Waals surface area contributed by atoms with Crippen molar-refractivity contribution < 1.29 is 13.2 Å². The number of aromatic nitrogens is 6. The summed E-state index contributed by atoms with van der Waals surface area (Å²) in [5.74, 6) is 6.72. The Morgan fingerprint density at radius 1 is 0.976 bits per heavy atom. The lowest BCUT2D eigenvalue weighted by Crippen LogP contribution is -2.46. The summed E-state index contributed by atoms with van der Waals surface area (Å²) >= 11 is 0. The van der Waals surface area contributed by atoms with Crippen molar-refractivity contribution in [2.45, 2.75) is 52.5 Å². The fourth-order valence-corrected chi connectivity index (χ4v) is 5.07. The summed E-state index contributed by atoms with van der Waals surface area (Å²) in [6.45, 7) is 8.23. The molecule has 1 aliphatic rings. The molecule has 0 spiro atoms. The van der Waals surface area contributed by atoms with E-state index < -0.39 is 11.7 Å². The van der Waals surface area contributed by atoms with Gasteiger partial charge in [-0.2, -0.15) is 18.3 Å². The number of hydrogen-bond donors (Lipinski definition) is 1. The number of rotatable bonds is 8. The molecule has 0 amide bonds. The van der Waals surface area contributed by atoms with Gasteiger partial charge in [-0.05, 0) is 31.0 Å². The SMILES string of the molecule is CCCn1c(=O)c2[nH]c(-c3cnn(CC#CCN4CCN(c5cccc(C(F)(F)F)c5)CC4)c3)nc2n(CCC)c1=O. The molecular weight excluding hydrogens is 549 g/mol. The van der Waals surface area contributed by atoms with E-state index in [2.05, 4.69) is 31.8 Å². The van der Waals surface area contributed by atoms with Crippen molar-refractivity contribution in [1.82, 2.24) is 33.8 Å². The molecule has 5 rings (SSSR count). The molecule has 4 aromatic rings. The summed E-state index contributed by atoms with van der Waals surface area (Å²) < 4.78 is 43.6. The van der Waals surface area contributed by atoms with Gasteiger partial charge in [0.1, 0.15) is 17.9 Å². The van der Waals surface area contributed by atoms with E-state index >= 15 is 0 Å². The summed E-state index contributed by atoms with van der Waals surface area (Å²) in [7, 11) is 0. The molecule has 0 bridgehead atoms. The summed E-state index contributed by atoms with van der Waals surface area (Å²) in [6, 6.07) is 5.44. The van der Waals surface area contributed by atoms with Crippen LogP contribution in [0.1, 0.15) is 32.3 Å². The zero-order valence-electron chi connectivity index (χ0n) is 23.6. The van der Waals surface area contributed by atoms with Crippen LogP contribution in [0.15, 0.2) is 46.2 Å². The van der Waals surface area contributed by atoms with Gasteiger partial charge in [-0.25, -0.2) is 9.78 Å². The fraction of sp³-hybridized carbons (Fsp3) is 0.448. The first kappa shape index (κ1) is 29.2. The number of benzene rings is 1. The number of nitrogens with zero attached hydrogens (tertiary/aromatic N) is 7. The molecule has 0 unspecified atom stereocenters. The van der Waals surface area contributed by atoms with E-state index in [-0.39, 0.29) is 11.2 Å². The summed E-state index contributed by atoms with van der Waals surface area (Å²) in [6.07, 6.45) is 0.458. The second kappa shape index (κ2) is 12.3. The number of imidazole rings is 1. The van der Waals surface area contributed by atoms with Gasteiger partial charge in [0.05, 0.1) is 23.9 Å². The molecule has 13 heteroatoms. The molecule has 10 nitrogen and oxygen atoms in total. The average Bonchev–Trinajstić information content (AvgIpc) is 3.64.